The minimum atomic E-state index is -0.0250. The summed E-state index contributed by atoms with van der Waals surface area (Å²) >= 11 is 3.49. The molecular weight excluding hydrogens is 358 g/mol. The molecule has 0 bridgehead atoms. The highest BCUT2D eigenvalue weighted by atomic mass is 79.9. The number of halogens is 1. The Morgan fingerprint density at radius 3 is 2.48 bits per heavy atom. The second-order valence-electron chi connectivity index (χ2n) is 5.53. The lowest BCUT2D eigenvalue weighted by atomic mass is 10.1. The van der Waals surface area contributed by atoms with Crippen LogP contribution in [0.2, 0.25) is 0 Å². The van der Waals surface area contributed by atoms with Crippen LogP contribution < -0.4 is 14.8 Å². The van der Waals surface area contributed by atoms with E-state index in [1.165, 1.54) is 5.56 Å². The quantitative estimate of drug-likeness (QED) is 0.890. The number of carbonyl (C=O) groups excluding carboxylic acids is 1. The summed E-state index contributed by atoms with van der Waals surface area (Å²) in [4.78, 5) is 12.2. The fourth-order valence-corrected chi connectivity index (χ4v) is 2.85. The SMILES string of the molecule is Cc1ccc(CNC(=O)Cc2cc3c(cc2Br)OCCO3)cc1. The van der Waals surface area contributed by atoms with Crippen molar-refractivity contribution in [3.05, 3.63) is 57.6 Å². The summed E-state index contributed by atoms with van der Waals surface area (Å²) in [6.07, 6.45) is 0.295. The van der Waals surface area contributed by atoms with Crippen molar-refractivity contribution in [2.75, 3.05) is 13.2 Å². The lowest BCUT2D eigenvalue weighted by molar-refractivity contribution is -0.120. The number of aryl methyl sites for hydroxylation is 1. The highest BCUT2D eigenvalue weighted by molar-refractivity contribution is 9.10. The minimum absolute atomic E-state index is 0.0250. The molecule has 5 heteroatoms. The van der Waals surface area contributed by atoms with Gasteiger partial charge in [0.1, 0.15) is 13.2 Å². The molecule has 23 heavy (non-hydrogen) atoms. The molecule has 0 saturated heterocycles. The summed E-state index contributed by atoms with van der Waals surface area (Å²) in [6.45, 7) is 3.66. The summed E-state index contributed by atoms with van der Waals surface area (Å²) in [5, 5.41) is 2.94. The Labute approximate surface area is 143 Å². The molecule has 0 aliphatic carbocycles. The van der Waals surface area contributed by atoms with Crippen molar-refractivity contribution in [3.63, 3.8) is 0 Å². The van der Waals surface area contributed by atoms with E-state index < -0.39 is 0 Å². The van der Waals surface area contributed by atoms with E-state index in [1.54, 1.807) is 0 Å². The number of hydrogen-bond donors (Lipinski definition) is 1. The number of benzene rings is 2. The Morgan fingerprint density at radius 1 is 1.13 bits per heavy atom. The van der Waals surface area contributed by atoms with Gasteiger partial charge >= 0.3 is 0 Å². The van der Waals surface area contributed by atoms with Crippen molar-refractivity contribution in [1.29, 1.82) is 0 Å². The van der Waals surface area contributed by atoms with Gasteiger partial charge < -0.3 is 14.8 Å². The molecule has 1 aliphatic rings. The molecule has 2 aromatic rings. The Bertz CT molecular complexity index is 713. The predicted octanol–water partition coefficient (Wildman–Crippen LogP) is 3.39. The van der Waals surface area contributed by atoms with Gasteiger partial charge in [-0.05, 0) is 30.2 Å². The number of carbonyl (C=O) groups is 1. The predicted molar refractivity (Wildman–Crippen MR) is 91.9 cm³/mol. The molecule has 0 unspecified atom stereocenters. The van der Waals surface area contributed by atoms with Gasteiger partial charge in [0.05, 0.1) is 6.42 Å². The molecule has 4 nitrogen and oxygen atoms in total. The lowest BCUT2D eigenvalue weighted by Crippen LogP contribution is -2.25. The smallest absolute Gasteiger partial charge is 0.224 e. The van der Waals surface area contributed by atoms with Crippen molar-refractivity contribution in [2.24, 2.45) is 0 Å². The molecule has 2 aromatic carbocycles. The van der Waals surface area contributed by atoms with E-state index >= 15 is 0 Å². The second-order valence-corrected chi connectivity index (χ2v) is 6.38. The molecule has 0 aromatic heterocycles. The van der Waals surface area contributed by atoms with Gasteiger partial charge in [0.25, 0.3) is 0 Å². The van der Waals surface area contributed by atoms with Crippen LogP contribution in [0.15, 0.2) is 40.9 Å². The normalized spacial score (nSPS) is 12.8. The number of nitrogens with one attached hydrogen (secondary N) is 1. The van der Waals surface area contributed by atoms with Crippen LogP contribution in [-0.4, -0.2) is 19.1 Å². The number of fused-ring (bicyclic) bond motifs is 1. The van der Waals surface area contributed by atoms with E-state index in [2.05, 4.69) is 21.2 Å². The maximum Gasteiger partial charge on any atom is 0.224 e. The minimum Gasteiger partial charge on any atom is -0.486 e. The van der Waals surface area contributed by atoms with Gasteiger partial charge in [0, 0.05) is 11.0 Å². The summed E-state index contributed by atoms with van der Waals surface area (Å²) in [5.74, 6) is 1.38. The van der Waals surface area contributed by atoms with E-state index in [9.17, 15) is 4.79 Å². The van der Waals surface area contributed by atoms with Crippen LogP contribution in [-0.2, 0) is 17.8 Å². The molecule has 1 heterocycles. The summed E-state index contributed by atoms with van der Waals surface area (Å²) < 4.78 is 11.9. The average Bonchev–Trinajstić information content (AvgIpc) is 2.55. The molecule has 0 spiro atoms. The Kier molecular flexibility index (Phi) is 4.86. The second kappa shape index (κ2) is 7.04. The first-order valence-electron chi connectivity index (χ1n) is 7.52. The highest BCUT2D eigenvalue weighted by Crippen LogP contribution is 2.35. The first kappa shape index (κ1) is 15.9. The van der Waals surface area contributed by atoms with E-state index in [0.29, 0.717) is 37.7 Å². The lowest BCUT2D eigenvalue weighted by Gasteiger charge is -2.19. The number of rotatable bonds is 4. The van der Waals surface area contributed by atoms with Crippen LogP contribution in [0.25, 0.3) is 0 Å². The van der Waals surface area contributed by atoms with Crippen LogP contribution >= 0.6 is 15.9 Å². The van der Waals surface area contributed by atoms with Gasteiger partial charge in [0.2, 0.25) is 5.91 Å². The number of ether oxygens (including phenoxy) is 2. The van der Waals surface area contributed by atoms with Gasteiger partial charge in [-0.3, -0.25) is 4.79 Å². The third kappa shape index (κ3) is 4.05. The molecule has 3 rings (SSSR count). The van der Waals surface area contributed by atoms with E-state index in [1.807, 2.05) is 43.3 Å². The third-order valence-electron chi connectivity index (χ3n) is 3.67. The first-order chi connectivity index (χ1) is 11.1. The summed E-state index contributed by atoms with van der Waals surface area (Å²) in [5.41, 5.74) is 3.18. The standard InChI is InChI=1S/C18H18BrNO3/c1-12-2-4-13(5-3-12)11-20-18(21)9-14-8-16-17(10-15(14)19)23-7-6-22-16/h2-5,8,10H,6-7,9,11H2,1H3,(H,20,21). The topological polar surface area (TPSA) is 47.6 Å². The molecule has 120 valence electrons. The largest absolute Gasteiger partial charge is 0.486 e. The van der Waals surface area contributed by atoms with Crippen LogP contribution in [0.4, 0.5) is 0 Å². The number of amides is 1. The zero-order valence-corrected chi connectivity index (χ0v) is 14.5. The van der Waals surface area contributed by atoms with Gasteiger partial charge in [0.15, 0.2) is 11.5 Å². The van der Waals surface area contributed by atoms with Crippen molar-refractivity contribution < 1.29 is 14.3 Å². The summed E-state index contributed by atoms with van der Waals surface area (Å²) in [7, 11) is 0. The molecule has 0 atom stereocenters. The van der Waals surface area contributed by atoms with Crippen molar-refractivity contribution in [2.45, 2.75) is 19.9 Å². The Balaban J connectivity index is 1.62. The van der Waals surface area contributed by atoms with E-state index in [0.717, 1.165) is 15.6 Å². The molecule has 1 aliphatic heterocycles. The number of hydrogen-bond acceptors (Lipinski definition) is 3. The van der Waals surface area contributed by atoms with Crippen molar-refractivity contribution >= 4 is 21.8 Å². The van der Waals surface area contributed by atoms with Gasteiger partial charge in [-0.25, -0.2) is 0 Å². The van der Waals surface area contributed by atoms with E-state index in [-0.39, 0.29) is 5.91 Å². The maximum atomic E-state index is 12.2. The average molecular weight is 376 g/mol. The van der Waals surface area contributed by atoms with Gasteiger partial charge in [-0.2, -0.15) is 0 Å². The van der Waals surface area contributed by atoms with Gasteiger partial charge in [-0.1, -0.05) is 45.8 Å². The van der Waals surface area contributed by atoms with Crippen molar-refractivity contribution in [3.8, 4) is 11.5 Å². The van der Waals surface area contributed by atoms with Gasteiger partial charge in [-0.15, -0.1) is 0 Å². The first-order valence-corrected chi connectivity index (χ1v) is 8.31. The zero-order valence-electron chi connectivity index (χ0n) is 12.9. The molecule has 0 saturated carbocycles. The Hall–Kier alpha value is -2.01. The van der Waals surface area contributed by atoms with Crippen molar-refractivity contribution in [1.82, 2.24) is 5.32 Å². The fourth-order valence-electron chi connectivity index (χ4n) is 2.38. The fraction of sp³-hybridized carbons (Fsp3) is 0.278. The van der Waals surface area contributed by atoms with Crippen LogP contribution in [0.5, 0.6) is 11.5 Å². The zero-order chi connectivity index (χ0) is 16.2. The summed E-state index contributed by atoms with van der Waals surface area (Å²) in [6, 6.07) is 11.9. The molecular formula is C18H18BrNO3. The van der Waals surface area contributed by atoms with Crippen LogP contribution in [0, 0.1) is 6.92 Å². The Morgan fingerprint density at radius 2 is 1.78 bits per heavy atom. The molecule has 1 amide bonds. The molecule has 1 N–H and O–H groups in total. The molecule has 0 radical (unpaired) electrons. The monoisotopic (exact) mass is 375 g/mol. The highest BCUT2D eigenvalue weighted by Gasteiger charge is 2.16. The van der Waals surface area contributed by atoms with E-state index in [4.69, 9.17) is 9.47 Å². The van der Waals surface area contributed by atoms with Crippen LogP contribution in [0.3, 0.4) is 0 Å². The maximum absolute atomic E-state index is 12.2. The van der Waals surface area contributed by atoms with Crippen LogP contribution in [0.1, 0.15) is 16.7 Å². The molecule has 0 fully saturated rings. The third-order valence-corrected chi connectivity index (χ3v) is 4.41.